The van der Waals surface area contributed by atoms with E-state index in [0.29, 0.717) is 29.4 Å². The summed E-state index contributed by atoms with van der Waals surface area (Å²) in [5, 5.41) is 3.88. The number of fused-ring (bicyclic) bond motifs is 1. The summed E-state index contributed by atoms with van der Waals surface area (Å²) >= 11 is 5.96. The number of para-hydroxylation sites is 1. The first-order valence-electron chi connectivity index (χ1n) is 8.16. The van der Waals surface area contributed by atoms with Crippen molar-refractivity contribution in [3.05, 3.63) is 82.6 Å². The normalized spacial score (nSPS) is 16.4. The highest BCUT2D eigenvalue weighted by molar-refractivity contribution is 6.30. The predicted octanol–water partition coefficient (Wildman–Crippen LogP) is 4.79. The Morgan fingerprint density at radius 2 is 1.76 bits per heavy atom. The van der Waals surface area contributed by atoms with Crippen LogP contribution in [0.3, 0.4) is 0 Å². The van der Waals surface area contributed by atoms with Gasteiger partial charge >= 0.3 is 0 Å². The Balaban J connectivity index is 1.61. The number of carbonyl (C=O) groups is 1. The maximum absolute atomic E-state index is 12.5. The third kappa shape index (κ3) is 3.39. The molecule has 0 saturated carbocycles. The first kappa shape index (κ1) is 15.8. The topological polar surface area (TPSA) is 54.9 Å². The van der Waals surface area contributed by atoms with Crippen LogP contribution in [0.1, 0.15) is 34.0 Å². The fourth-order valence-electron chi connectivity index (χ4n) is 3.13. The van der Waals surface area contributed by atoms with Gasteiger partial charge in [-0.1, -0.05) is 41.9 Å². The largest absolute Gasteiger partial charge is 0.324 e. The van der Waals surface area contributed by atoms with Gasteiger partial charge in [0.15, 0.2) is 5.78 Å². The van der Waals surface area contributed by atoms with Gasteiger partial charge < -0.3 is 5.32 Å². The molecule has 0 spiro atoms. The van der Waals surface area contributed by atoms with Crippen molar-refractivity contribution in [1.82, 2.24) is 9.97 Å². The summed E-state index contributed by atoms with van der Waals surface area (Å²) in [5.41, 5.74) is 3.45. The molecule has 124 valence electrons. The smallest absolute Gasteiger partial charge is 0.227 e. The zero-order valence-electron chi connectivity index (χ0n) is 13.4. The first-order valence-corrected chi connectivity index (χ1v) is 8.53. The van der Waals surface area contributed by atoms with Gasteiger partial charge in [0.05, 0.1) is 11.3 Å². The Kier molecular flexibility index (Phi) is 4.20. The number of carbonyl (C=O) groups excluding carboxylic acids is 1. The van der Waals surface area contributed by atoms with Crippen LogP contribution in [-0.2, 0) is 6.42 Å². The quantitative estimate of drug-likeness (QED) is 0.738. The predicted molar refractivity (Wildman–Crippen MR) is 98.6 cm³/mol. The van der Waals surface area contributed by atoms with E-state index in [1.54, 1.807) is 6.20 Å². The lowest BCUT2D eigenvalue weighted by Crippen LogP contribution is -2.21. The monoisotopic (exact) mass is 349 g/mol. The maximum atomic E-state index is 12.5. The molecule has 1 aliphatic rings. The molecule has 3 aromatic rings. The Labute approximate surface area is 150 Å². The average Bonchev–Trinajstić information content (AvgIpc) is 2.63. The van der Waals surface area contributed by atoms with E-state index in [2.05, 4.69) is 15.3 Å². The molecule has 0 saturated heterocycles. The number of ketones is 1. The second-order valence-corrected chi connectivity index (χ2v) is 6.56. The number of benzene rings is 2. The van der Waals surface area contributed by atoms with Crippen molar-refractivity contribution in [2.45, 2.75) is 18.8 Å². The van der Waals surface area contributed by atoms with E-state index < -0.39 is 0 Å². The molecule has 0 amide bonds. The molecule has 0 fully saturated rings. The lowest BCUT2D eigenvalue weighted by atomic mass is 9.82. The summed E-state index contributed by atoms with van der Waals surface area (Å²) in [6, 6.07) is 17.4. The lowest BCUT2D eigenvalue weighted by molar-refractivity contribution is 0.0963. The van der Waals surface area contributed by atoms with Gasteiger partial charge in [-0.3, -0.25) is 4.79 Å². The van der Waals surface area contributed by atoms with Crippen molar-refractivity contribution < 1.29 is 4.79 Å². The molecule has 1 aliphatic carbocycles. The second kappa shape index (κ2) is 6.65. The van der Waals surface area contributed by atoms with Gasteiger partial charge in [0.2, 0.25) is 5.95 Å². The van der Waals surface area contributed by atoms with Crippen LogP contribution in [0.4, 0.5) is 11.6 Å². The number of halogens is 1. The van der Waals surface area contributed by atoms with Crippen molar-refractivity contribution in [2.24, 2.45) is 0 Å². The van der Waals surface area contributed by atoms with E-state index in [1.165, 1.54) is 0 Å². The van der Waals surface area contributed by atoms with E-state index in [1.807, 2.05) is 54.6 Å². The van der Waals surface area contributed by atoms with Gasteiger partial charge in [0.25, 0.3) is 0 Å². The van der Waals surface area contributed by atoms with E-state index in [4.69, 9.17) is 11.6 Å². The molecule has 0 radical (unpaired) electrons. The third-order valence-corrected chi connectivity index (χ3v) is 4.66. The summed E-state index contributed by atoms with van der Waals surface area (Å²) in [5.74, 6) is 0.721. The number of aromatic nitrogens is 2. The first-order chi connectivity index (χ1) is 12.2. The van der Waals surface area contributed by atoms with Gasteiger partial charge in [0, 0.05) is 23.3 Å². The van der Waals surface area contributed by atoms with Crippen LogP contribution < -0.4 is 5.32 Å². The number of hydrogen-bond acceptors (Lipinski definition) is 4. The average molecular weight is 350 g/mol. The molecule has 1 aromatic heterocycles. The van der Waals surface area contributed by atoms with E-state index >= 15 is 0 Å². The van der Waals surface area contributed by atoms with Gasteiger partial charge in [-0.05, 0) is 42.2 Å². The molecule has 0 unspecified atom stereocenters. The Morgan fingerprint density at radius 3 is 2.52 bits per heavy atom. The van der Waals surface area contributed by atoms with E-state index in [-0.39, 0.29) is 11.7 Å². The Bertz CT molecular complexity index is 910. The van der Waals surface area contributed by atoms with Gasteiger partial charge in [0.1, 0.15) is 0 Å². The SMILES string of the molecule is O=C1C[C@H](c2ccc(Cl)cc2)Cc2nc(Nc3ccccc3)ncc21. The minimum absolute atomic E-state index is 0.0902. The van der Waals surface area contributed by atoms with Crippen LogP contribution >= 0.6 is 11.6 Å². The molecule has 5 heteroatoms. The molecular formula is C20H16ClN3O. The van der Waals surface area contributed by atoms with Crippen LogP contribution in [0.2, 0.25) is 5.02 Å². The van der Waals surface area contributed by atoms with Crippen LogP contribution in [0, 0.1) is 0 Å². The molecule has 1 atom stereocenters. The standard InChI is InChI=1S/C20H16ClN3O/c21-15-8-6-13(7-9-15)14-10-18-17(19(25)11-14)12-22-20(24-18)23-16-4-2-1-3-5-16/h1-9,12,14H,10-11H2,(H,22,23,24)/t14-/m1/s1. The van der Waals surface area contributed by atoms with Crippen molar-refractivity contribution in [3.63, 3.8) is 0 Å². The minimum Gasteiger partial charge on any atom is -0.324 e. The molecule has 4 nitrogen and oxygen atoms in total. The number of rotatable bonds is 3. The van der Waals surface area contributed by atoms with Gasteiger partial charge in [-0.25, -0.2) is 9.97 Å². The number of Topliss-reactive ketones (excluding diaryl/α,β-unsaturated/α-hetero) is 1. The Hall–Kier alpha value is -2.72. The zero-order valence-corrected chi connectivity index (χ0v) is 14.2. The fourth-order valence-corrected chi connectivity index (χ4v) is 3.25. The lowest BCUT2D eigenvalue weighted by Gasteiger charge is -2.23. The molecule has 25 heavy (non-hydrogen) atoms. The van der Waals surface area contributed by atoms with E-state index in [9.17, 15) is 4.79 Å². The summed E-state index contributed by atoms with van der Waals surface area (Å²) in [6.45, 7) is 0. The second-order valence-electron chi connectivity index (χ2n) is 6.12. The van der Waals surface area contributed by atoms with E-state index in [0.717, 1.165) is 16.9 Å². The molecule has 1 heterocycles. The van der Waals surface area contributed by atoms with Crippen molar-refractivity contribution in [3.8, 4) is 0 Å². The highest BCUT2D eigenvalue weighted by Crippen LogP contribution is 2.32. The number of hydrogen-bond donors (Lipinski definition) is 1. The summed E-state index contributed by atoms with van der Waals surface area (Å²) < 4.78 is 0. The van der Waals surface area contributed by atoms with Crippen LogP contribution in [0.25, 0.3) is 0 Å². The maximum Gasteiger partial charge on any atom is 0.227 e. The third-order valence-electron chi connectivity index (χ3n) is 4.41. The van der Waals surface area contributed by atoms with Crippen LogP contribution in [-0.4, -0.2) is 15.8 Å². The molecule has 2 aromatic carbocycles. The van der Waals surface area contributed by atoms with Crippen molar-refractivity contribution in [2.75, 3.05) is 5.32 Å². The highest BCUT2D eigenvalue weighted by Gasteiger charge is 2.28. The number of nitrogens with zero attached hydrogens (tertiary/aromatic N) is 2. The van der Waals surface area contributed by atoms with Gasteiger partial charge in [-0.2, -0.15) is 0 Å². The summed E-state index contributed by atoms with van der Waals surface area (Å²) in [7, 11) is 0. The molecule has 4 rings (SSSR count). The van der Waals surface area contributed by atoms with Crippen molar-refractivity contribution in [1.29, 1.82) is 0 Å². The summed E-state index contributed by atoms with van der Waals surface area (Å²) in [6.07, 6.45) is 2.83. The zero-order chi connectivity index (χ0) is 17.2. The van der Waals surface area contributed by atoms with Crippen LogP contribution in [0.15, 0.2) is 60.8 Å². The number of anilines is 2. The number of nitrogens with one attached hydrogen (secondary N) is 1. The highest BCUT2D eigenvalue weighted by atomic mass is 35.5. The summed E-state index contributed by atoms with van der Waals surface area (Å²) in [4.78, 5) is 21.3. The Morgan fingerprint density at radius 1 is 1.00 bits per heavy atom. The van der Waals surface area contributed by atoms with Crippen molar-refractivity contribution >= 4 is 29.0 Å². The molecule has 0 bridgehead atoms. The van der Waals surface area contributed by atoms with Crippen LogP contribution in [0.5, 0.6) is 0 Å². The minimum atomic E-state index is 0.0902. The van der Waals surface area contributed by atoms with Gasteiger partial charge in [-0.15, -0.1) is 0 Å². The molecular weight excluding hydrogens is 334 g/mol. The molecule has 0 aliphatic heterocycles. The molecule has 1 N–H and O–H groups in total. The fraction of sp³-hybridized carbons (Fsp3) is 0.150.